The van der Waals surface area contributed by atoms with Crippen LogP contribution in [0.5, 0.6) is 17.2 Å². The Morgan fingerprint density at radius 1 is 1.10 bits per heavy atom. The Morgan fingerprint density at radius 2 is 1.85 bits per heavy atom. The number of carbonyl (C=O) groups excluding carboxylic acids is 1. The fourth-order valence-corrected chi connectivity index (χ4v) is 1.72. The first-order valence-corrected chi connectivity index (χ1v) is 5.99. The molecule has 4 nitrogen and oxygen atoms in total. The summed E-state index contributed by atoms with van der Waals surface area (Å²) in [7, 11) is 1.42. The molecule has 2 N–H and O–H groups in total. The molecule has 2 aromatic carbocycles. The van der Waals surface area contributed by atoms with Crippen molar-refractivity contribution >= 4 is 11.9 Å². The third-order valence-electron chi connectivity index (χ3n) is 2.82. The van der Waals surface area contributed by atoms with Crippen molar-refractivity contribution in [3.05, 3.63) is 59.7 Å². The number of carbonyl (C=O) groups is 1. The number of rotatable bonds is 4. The molecule has 0 aliphatic heterocycles. The van der Waals surface area contributed by atoms with Crippen LogP contribution in [-0.4, -0.2) is 23.1 Å². The zero-order valence-electron chi connectivity index (χ0n) is 10.9. The third-order valence-corrected chi connectivity index (χ3v) is 2.82. The van der Waals surface area contributed by atoms with Crippen LogP contribution < -0.4 is 4.74 Å². The zero-order chi connectivity index (χ0) is 14.5. The standard InChI is InChI=1S/C16H14O4/c1-20-16-10-12(7-9-15(16)19)14(18)8-6-11-4-2-3-5-13(11)17/h2-10,17,19H,1H3. The number of benzene rings is 2. The first kappa shape index (κ1) is 13.7. The van der Waals surface area contributed by atoms with Gasteiger partial charge in [-0.1, -0.05) is 18.2 Å². The van der Waals surface area contributed by atoms with Crippen LogP contribution in [0.25, 0.3) is 6.08 Å². The number of aromatic hydroxyl groups is 2. The third kappa shape index (κ3) is 2.98. The predicted molar refractivity (Wildman–Crippen MR) is 76.1 cm³/mol. The lowest BCUT2D eigenvalue weighted by Crippen LogP contribution is -1.95. The molecule has 0 spiro atoms. The Hall–Kier alpha value is -2.75. The molecule has 4 heteroatoms. The van der Waals surface area contributed by atoms with Crippen molar-refractivity contribution in [1.29, 1.82) is 0 Å². The summed E-state index contributed by atoms with van der Waals surface area (Å²) >= 11 is 0. The van der Waals surface area contributed by atoms with Gasteiger partial charge >= 0.3 is 0 Å². The number of para-hydroxylation sites is 1. The minimum atomic E-state index is -0.244. The van der Waals surface area contributed by atoms with Crippen LogP contribution in [0.2, 0.25) is 0 Å². The number of phenols is 2. The Bertz CT molecular complexity index is 659. The van der Waals surface area contributed by atoms with E-state index in [0.29, 0.717) is 11.1 Å². The van der Waals surface area contributed by atoms with E-state index in [1.165, 1.54) is 37.5 Å². The van der Waals surface area contributed by atoms with Crippen molar-refractivity contribution in [3.63, 3.8) is 0 Å². The summed E-state index contributed by atoms with van der Waals surface area (Å²) in [5, 5.41) is 19.1. The van der Waals surface area contributed by atoms with Gasteiger partial charge in [-0.15, -0.1) is 0 Å². The van der Waals surface area contributed by atoms with Crippen LogP contribution in [0.1, 0.15) is 15.9 Å². The molecule has 2 aromatic rings. The molecular weight excluding hydrogens is 256 g/mol. The topological polar surface area (TPSA) is 66.8 Å². The molecule has 0 radical (unpaired) electrons. The summed E-state index contributed by atoms with van der Waals surface area (Å²) < 4.78 is 4.95. The number of phenolic OH excluding ortho intramolecular Hbond substituents is 2. The van der Waals surface area contributed by atoms with Gasteiger partial charge in [-0.3, -0.25) is 4.79 Å². The second-order valence-corrected chi connectivity index (χ2v) is 4.14. The molecule has 0 bridgehead atoms. The van der Waals surface area contributed by atoms with Gasteiger partial charge in [-0.05, 0) is 36.4 Å². The maximum atomic E-state index is 12.0. The van der Waals surface area contributed by atoms with Crippen LogP contribution in [0.15, 0.2) is 48.5 Å². The lowest BCUT2D eigenvalue weighted by molar-refractivity contribution is 0.104. The molecule has 0 atom stereocenters. The minimum absolute atomic E-state index is 0.0197. The molecule has 0 amide bonds. The van der Waals surface area contributed by atoms with E-state index in [0.717, 1.165) is 0 Å². The smallest absolute Gasteiger partial charge is 0.185 e. The Morgan fingerprint density at radius 3 is 2.55 bits per heavy atom. The average molecular weight is 270 g/mol. The van der Waals surface area contributed by atoms with E-state index >= 15 is 0 Å². The molecule has 0 aliphatic rings. The number of ether oxygens (including phenoxy) is 1. The lowest BCUT2D eigenvalue weighted by Gasteiger charge is -2.04. The number of ketones is 1. The first-order valence-electron chi connectivity index (χ1n) is 5.99. The van der Waals surface area contributed by atoms with Crippen molar-refractivity contribution in [2.75, 3.05) is 7.11 Å². The van der Waals surface area contributed by atoms with E-state index in [1.807, 2.05) is 0 Å². The number of hydrogen-bond acceptors (Lipinski definition) is 4. The molecule has 0 saturated heterocycles. The highest BCUT2D eigenvalue weighted by atomic mass is 16.5. The zero-order valence-corrected chi connectivity index (χ0v) is 10.9. The molecule has 0 saturated carbocycles. The summed E-state index contributed by atoms with van der Waals surface area (Å²) in [5.41, 5.74) is 0.956. The van der Waals surface area contributed by atoms with E-state index < -0.39 is 0 Å². The second-order valence-electron chi connectivity index (χ2n) is 4.14. The number of allylic oxidation sites excluding steroid dienone is 1. The highest BCUT2D eigenvalue weighted by Gasteiger charge is 2.07. The van der Waals surface area contributed by atoms with Gasteiger partial charge in [0.2, 0.25) is 0 Å². The Labute approximate surface area is 116 Å². The van der Waals surface area contributed by atoms with E-state index in [2.05, 4.69) is 0 Å². The van der Waals surface area contributed by atoms with Crippen molar-refractivity contribution in [1.82, 2.24) is 0 Å². The van der Waals surface area contributed by atoms with Gasteiger partial charge in [-0.25, -0.2) is 0 Å². The van der Waals surface area contributed by atoms with E-state index in [4.69, 9.17) is 4.74 Å². The minimum Gasteiger partial charge on any atom is -0.507 e. The monoisotopic (exact) mass is 270 g/mol. The molecule has 102 valence electrons. The normalized spacial score (nSPS) is 10.7. The SMILES string of the molecule is COc1cc(C(=O)C=Cc2ccccc2O)ccc1O. The summed E-state index contributed by atoms with van der Waals surface area (Å²) in [5.74, 6) is 0.0898. The predicted octanol–water partition coefficient (Wildman–Crippen LogP) is 3.00. The fraction of sp³-hybridized carbons (Fsp3) is 0.0625. The molecular formula is C16H14O4. The summed E-state index contributed by atoms with van der Waals surface area (Å²) in [4.78, 5) is 12.0. The first-order chi connectivity index (χ1) is 9.61. The van der Waals surface area contributed by atoms with Gasteiger partial charge in [0.25, 0.3) is 0 Å². The van der Waals surface area contributed by atoms with Crippen LogP contribution in [0.4, 0.5) is 0 Å². The van der Waals surface area contributed by atoms with E-state index in [-0.39, 0.29) is 23.0 Å². The second kappa shape index (κ2) is 5.93. The Kier molecular flexibility index (Phi) is 4.05. The van der Waals surface area contributed by atoms with Gasteiger partial charge in [-0.2, -0.15) is 0 Å². The van der Waals surface area contributed by atoms with Gasteiger partial charge < -0.3 is 14.9 Å². The molecule has 0 aromatic heterocycles. The summed E-state index contributed by atoms with van der Waals surface area (Å²) in [6.07, 6.45) is 2.90. The molecule has 0 unspecified atom stereocenters. The Balaban J connectivity index is 2.22. The van der Waals surface area contributed by atoms with Crippen LogP contribution in [0, 0.1) is 0 Å². The lowest BCUT2D eigenvalue weighted by atomic mass is 10.1. The molecule has 20 heavy (non-hydrogen) atoms. The van der Waals surface area contributed by atoms with Gasteiger partial charge in [0.05, 0.1) is 7.11 Å². The number of methoxy groups -OCH3 is 1. The highest BCUT2D eigenvalue weighted by Crippen LogP contribution is 2.26. The average Bonchev–Trinajstić information content (AvgIpc) is 2.46. The maximum absolute atomic E-state index is 12.0. The van der Waals surface area contributed by atoms with E-state index in [1.54, 1.807) is 24.3 Å². The molecule has 2 rings (SSSR count). The van der Waals surface area contributed by atoms with Crippen LogP contribution in [-0.2, 0) is 0 Å². The van der Waals surface area contributed by atoms with E-state index in [9.17, 15) is 15.0 Å². The van der Waals surface area contributed by atoms with Gasteiger partial charge in [0, 0.05) is 11.1 Å². The van der Waals surface area contributed by atoms with Crippen LogP contribution in [0.3, 0.4) is 0 Å². The highest BCUT2D eigenvalue weighted by molar-refractivity contribution is 6.07. The maximum Gasteiger partial charge on any atom is 0.185 e. The number of hydrogen-bond donors (Lipinski definition) is 2. The summed E-state index contributed by atoms with van der Waals surface area (Å²) in [6, 6.07) is 11.1. The molecule has 0 aliphatic carbocycles. The van der Waals surface area contributed by atoms with Crippen LogP contribution >= 0.6 is 0 Å². The van der Waals surface area contributed by atoms with Crippen molar-refractivity contribution in [2.24, 2.45) is 0 Å². The quantitative estimate of drug-likeness (QED) is 0.662. The van der Waals surface area contributed by atoms with Gasteiger partial charge in [0.1, 0.15) is 5.75 Å². The van der Waals surface area contributed by atoms with Crippen molar-refractivity contribution < 1.29 is 19.7 Å². The fourth-order valence-electron chi connectivity index (χ4n) is 1.72. The molecule has 0 fully saturated rings. The largest absolute Gasteiger partial charge is 0.507 e. The van der Waals surface area contributed by atoms with Gasteiger partial charge in [0.15, 0.2) is 17.3 Å². The van der Waals surface area contributed by atoms with Crippen molar-refractivity contribution in [2.45, 2.75) is 0 Å². The molecule has 0 heterocycles. The summed E-state index contributed by atoms with van der Waals surface area (Å²) in [6.45, 7) is 0. The van der Waals surface area contributed by atoms with Crippen molar-refractivity contribution in [3.8, 4) is 17.2 Å².